The third-order valence-electron chi connectivity index (χ3n) is 4.24. The summed E-state index contributed by atoms with van der Waals surface area (Å²) in [6.45, 7) is 7.05. The van der Waals surface area contributed by atoms with Crippen molar-refractivity contribution in [2.24, 2.45) is 11.6 Å². The molecule has 1 aromatic carbocycles. The lowest BCUT2D eigenvalue weighted by atomic mass is 9.70. The van der Waals surface area contributed by atoms with Crippen LogP contribution in [0, 0.1) is 0 Å². The summed E-state index contributed by atoms with van der Waals surface area (Å²) in [6.07, 6.45) is 6.50. The quantitative estimate of drug-likeness (QED) is 0.534. The number of nitrogens with one attached hydrogen (secondary N) is 1. The van der Waals surface area contributed by atoms with Gasteiger partial charge in [-0.2, -0.15) is 0 Å². The van der Waals surface area contributed by atoms with Gasteiger partial charge in [0, 0.05) is 35.4 Å². The number of hydrazine groups is 1. The molecule has 0 radical (unpaired) electrons. The Labute approximate surface area is 150 Å². The maximum absolute atomic E-state index is 6.01. The molecule has 0 bridgehead atoms. The third-order valence-corrected chi connectivity index (χ3v) is 4.47. The number of piperidine rings is 1. The van der Waals surface area contributed by atoms with Crippen LogP contribution in [0.15, 0.2) is 30.6 Å². The van der Waals surface area contributed by atoms with Crippen LogP contribution in [0.1, 0.15) is 38.7 Å². The summed E-state index contributed by atoms with van der Waals surface area (Å²) in [6, 6.07) is 6.10. The van der Waals surface area contributed by atoms with Crippen molar-refractivity contribution in [3.05, 3.63) is 41.2 Å². The number of rotatable bonds is 1. The van der Waals surface area contributed by atoms with Crippen molar-refractivity contribution >= 4 is 11.6 Å². The van der Waals surface area contributed by atoms with E-state index in [2.05, 4.69) is 11.4 Å². The van der Waals surface area contributed by atoms with Crippen LogP contribution in [0.2, 0.25) is 5.02 Å². The zero-order valence-electron chi connectivity index (χ0n) is 15.0. The Balaban J connectivity index is 0.000000309. The highest BCUT2D eigenvalue weighted by Crippen LogP contribution is 2.45. The third kappa shape index (κ3) is 5.58. The minimum Gasteiger partial charge on any atom is -0.493 e. The van der Waals surface area contributed by atoms with Crippen molar-refractivity contribution in [2.75, 3.05) is 26.7 Å². The second kappa shape index (κ2) is 10.4. The van der Waals surface area contributed by atoms with Crippen LogP contribution in [0.5, 0.6) is 5.75 Å². The van der Waals surface area contributed by atoms with Gasteiger partial charge in [-0.15, -0.1) is 0 Å². The Morgan fingerprint density at radius 1 is 1.25 bits per heavy atom. The van der Waals surface area contributed by atoms with Gasteiger partial charge in [-0.1, -0.05) is 31.5 Å². The van der Waals surface area contributed by atoms with Gasteiger partial charge < -0.3 is 20.8 Å². The number of nitrogens with zero attached hydrogens (tertiary/aromatic N) is 1. The van der Waals surface area contributed by atoms with E-state index in [4.69, 9.17) is 27.9 Å². The van der Waals surface area contributed by atoms with Gasteiger partial charge in [0.2, 0.25) is 0 Å². The molecule has 1 saturated heterocycles. The molecule has 136 valence electrons. The smallest absolute Gasteiger partial charge is 0.124 e. The van der Waals surface area contributed by atoms with Crippen molar-refractivity contribution in [1.82, 2.24) is 10.3 Å². The SMILES string of the molecule is CC.CN(N)/C=C\N.Clc1ccc2c(c1)OCCC21CCNCC1. The van der Waals surface area contributed by atoms with Gasteiger partial charge in [0.05, 0.1) is 6.61 Å². The predicted octanol–water partition coefficient (Wildman–Crippen LogP) is 2.99. The molecule has 24 heavy (non-hydrogen) atoms. The summed E-state index contributed by atoms with van der Waals surface area (Å²) in [5.74, 6) is 6.07. The number of halogens is 1. The van der Waals surface area contributed by atoms with E-state index in [1.165, 1.54) is 29.6 Å². The van der Waals surface area contributed by atoms with E-state index in [1.54, 1.807) is 13.2 Å². The van der Waals surface area contributed by atoms with Gasteiger partial charge in [-0.25, -0.2) is 5.84 Å². The maximum atomic E-state index is 6.01. The van der Waals surface area contributed by atoms with Crippen molar-refractivity contribution in [1.29, 1.82) is 0 Å². The Hall–Kier alpha value is -1.43. The molecular formula is C18H31ClN4O. The maximum Gasteiger partial charge on any atom is 0.124 e. The lowest BCUT2D eigenvalue weighted by Crippen LogP contribution is -2.42. The second-order valence-electron chi connectivity index (χ2n) is 5.78. The molecule has 1 spiro atoms. The molecule has 5 N–H and O–H groups in total. The van der Waals surface area contributed by atoms with Crippen LogP contribution in [0.4, 0.5) is 0 Å². The molecule has 0 aliphatic carbocycles. The van der Waals surface area contributed by atoms with Crippen LogP contribution >= 0.6 is 11.6 Å². The standard InChI is InChI=1S/C13H16ClNO.C3H9N3.C2H6/c14-10-1-2-11-12(9-10)16-8-5-13(11)3-6-15-7-4-13;1-6(5)3-2-4;1-2/h1-2,9,15H,3-8H2;2-3H,4-5H2,1H3;1-2H3/b;3-2-;. The first-order valence-electron chi connectivity index (χ1n) is 8.57. The molecule has 6 heteroatoms. The van der Waals surface area contributed by atoms with E-state index >= 15 is 0 Å². The summed E-state index contributed by atoms with van der Waals surface area (Å²) < 4.78 is 5.73. The first-order valence-corrected chi connectivity index (χ1v) is 8.95. The average molecular weight is 355 g/mol. The average Bonchev–Trinajstić information content (AvgIpc) is 2.58. The molecule has 2 heterocycles. The number of ether oxygens (including phenoxy) is 1. The molecule has 1 fully saturated rings. The molecule has 0 saturated carbocycles. The van der Waals surface area contributed by atoms with Crippen LogP contribution in [0.25, 0.3) is 0 Å². The fourth-order valence-electron chi connectivity index (χ4n) is 3.11. The largest absolute Gasteiger partial charge is 0.493 e. The van der Waals surface area contributed by atoms with E-state index in [0.717, 1.165) is 36.9 Å². The lowest BCUT2D eigenvalue weighted by molar-refractivity contribution is 0.180. The molecule has 0 unspecified atom stereocenters. The minimum absolute atomic E-state index is 0.337. The Bertz CT molecular complexity index is 514. The van der Waals surface area contributed by atoms with E-state index < -0.39 is 0 Å². The predicted molar refractivity (Wildman–Crippen MR) is 102 cm³/mol. The number of benzene rings is 1. The van der Waals surface area contributed by atoms with Gasteiger partial charge in [0.25, 0.3) is 0 Å². The van der Waals surface area contributed by atoms with E-state index in [9.17, 15) is 0 Å². The lowest BCUT2D eigenvalue weighted by Gasteiger charge is -2.42. The van der Waals surface area contributed by atoms with Gasteiger partial charge in [0.1, 0.15) is 5.75 Å². The molecule has 2 aliphatic heterocycles. The second-order valence-corrected chi connectivity index (χ2v) is 6.21. The normalized spacial score (nSPS) is 17.7. The molecule has 1 aromatic rings. The summed E-state index contributed by atoms with van der Waals surface area (Å²) in [4.78, 5) is 0. The van der Waals surface area contributed by atoms with Crippen LogP contribution < -0.4 is 21.6 Å². The van der Waals surface area contributed by atoms with Crippen molar-refractivity contribution < 1.29 is 4.74 Å². The number of hydrogen-bond acceptors (Lipinski definition) is 5. The van der Waals surface area contributed by atoms with Crippen LogP contribution in [0.3, 0.4) is 0 Å². The molecule has 0 atom stereocenters. The molecule has 2 aliphatic rings. The fourth-order valence-corrected chi connectivity index (χ4v) is 3.27. The highest BCUT2D eigenvalue weighted by Gasteiger charge is 2.38. The van der Waals surface area contributed by atoms with Crippen molar-refractivity contribution in [3.63, 3.8) is 0 Å². The fraction of sp³-hybridized carbons (Fsp3) is 0.556. The highest BCUT2D eigenvalue weighted by molar-refractivity contribution is 6.30. The molecular weight excluding hydrogens is 324 g/mol. The number of hydrogen-bond donors (Lipinski definition) is 3. The van der Waals surface area contributed by atoms with Gasteiger partial charge in [-0.05, 0) is 44.5 Å². The molecule has 0 aromatic heterocycles. The van der Waals surface area contributed by atoms with E-state index in [0.29, 0.717) is 5.41 Å². The zero-order valence-corrected chi connectivity index (χ0v) is 15.8. The number of nitrogens with two attached hydrogens (primary N) is 2. The van der Waals surface area contributed by atoms with Crippen molar-refractivity contribution in [3.8, 4) is 5.75 Å². The van der Waals surface area contributed by atoms with Crippen molar-refractivity contribution in [2.45, 2.75) is 38.5 Å². The van der Waals surface area contributed by atoms with E-state index in [1.807, 2.05) is 26.0 Å². The van der Waals surface area contributed by atoms with Gasteiger partial charge >= 0.3 is 0 Å². The van der Waals surface area contributed by atoms with Crippen LogP contribution in [-0.2, 0) is 5.41 Å². The summed E-state index contributed by atoms with van der Waals surface area (Å²) in [5.41, 5.74) is 6.63. The molecule has 5 nitrogen and oxygen atoms in total. The first kappa shape index (κ1) is 20.6. The highest BCUT2D eigenvalue weighted by atomic mass is 35.5. The minimum atomic E-state index is 0.337. The Morgan fingerprint density at radius 3 is 2.46 bits per heavy atom. The molecule has 0 amide bonds. The topological polar surface area (TPSA) is 76.5 Å². The van der Waals surface area contributed by atoms with E-state index in [-0.39, 0.29) is 0 Å². The monoisotopic (exact) mass is 354 g/mol. The van der Waals surface area contributed by atoms with Gasteiger partial charge in [-0.3, -0.25) is 0 Å². The van der Waals surface area contributed by atoms with Crippen LogP contribution in [-0.4, -0.2) is 31.8 Å². The summed E-state index contributed by atoms with van der Waals surface area (Å²) in [5, 5.41) is 5.57. The summed E-state index contributed by atoms with van der Waals surface area (Å²) in [7, 11) is 1.70. The Morgan fingerprint density at radius 2 is 1.92 bits per heavy atom. The first-order chi connectivity index (χ1) is 11.6. The summed E-state index contributed by atoms with van der Waals surface area (Å²) >= 11 is 6.01. The zero-order chi connectivity index (χ0) is 18.0. The Kier molecular flexibility index (Phi) is 8.97. The van der Waals surface area contributed by atoms with Gasteiger partial charge in [0.15, 0.2) is 0 Å². The number of fused-ring (bicyclic) bond motifs is 2. The molecule has 3 rings (SSSR count).